The molecular formula is C128H84N12. The summed E-state index contributed by atoms with van der Waals surface area (Å²) in [5.74, 6) is 1.06. The van der Waals surface area contributed by atoms with E-state index < -0.39 is 0 Å². The lowest BCUT2D eigenvalue weighted by Gasteiger charge is -2.39. The van der Waals surface area contributed by atoms with E-state index in [-0.39, 0.29) is 0 Å². The molecule has 0 atom stereocenters. The van der Waals surface area contributed by atoms with Crippen LogP contribution in [-0.4, -0.2) is 39.9 Å². The summed E-state index contributed by atoms with van der Waals surface area (Å²) in [5, 5.41) is 0. The highest BCUT2D eigenvalue weighted by molar-refractivity contribution is 6.01. The summed E-state index contributed by atoms with van der Waals surface area (Å²) in [4.78, 5) is 47.7. The number of aromatic nitrogens is 8. The summed E-state index contributed by atoms with van der Waals surface area (Å²) in [6, 6.07) is 95.3. The number of anilines is 12. The highest BCUT2D eigenvalue weighted by atomic mass is 15.2. The van der Waals surface area contributed by atoms with Gasteiger partial charge >= 0.3 is 0 Å². The molecule has 0 amide bonds. The molecular weight excluding hydrogens is 1710 g/mol. The Morgan fingerprint density at radius 2 is 0.507 bits per heavy atom. The second-order valence-corrected chi connectivity index (χ2v) is 40.8. The maximum atomic E-state index is 4.88. The quantitative estimate of drug-likeness (QED) is 0.144. The average Bonchev–Trinajstić information content (AvgIpc) is 1.02. The topological polar surface area (TPSA) is 116 Å². The Morgan fingerprint density at radius 3 is 1.04 bits per heavy atom. The van der Waals surface area contributed by atoms with Gasteiger partial charge in [0.2, 0.25) is 0 Å². The Kier molecular flexibility index (Phi) is 15.4. The maximum absolute atomic E-state index is 4.88. The summed E-state index contributed by atoms with van der Waals surface area (Å²) in [5.41, 5.74) is 80.9. The van der Waals surface area contributed by atoms with Gasteiger partial charge in [-0.25, -0.2) is 4.98 Å². The molecule has 0 spiro atoms. The van der Waals surface area contributed by atoms with E-state index in [1.807, 2.05) is 62.0 Å². The van der Waals surface area contributed by atoms with Crippen molar-refractivity contribution >= 4 is 68.4 Å². The van der Waals surface area contributed by atoms with E-state index >= 15 is 0 Å². The number of pyridine rings is 8. The summed E-state index contributed by atoms with van der Waals surface area (Å²) < 4.78 is 0. The van der Waals surface area contributed by atoms with E-state index in [1.165, 1.54) is 325 Å². The molecule has 16 heterocycles. The van der Waals surface area contributed by atoms with Crippen molar-refractivity contribution in [1.29, 1.82) is 0 Å². The number of hydrogen-bond donors (Lipinski definition) is 0. The molecule has 0 unspecified atom stereocenters. The summed E-state index contributed by atoms with van der Waals surface area (Å²) in [6.07, 6.45) is 35.0. The molecule has 12 heteroatoms. The van der Waals surface area contributed by atoms with Gasteiger partial charge in [0.15, 0.2) is 0 Å². The van der Waals surface area contributed by atoms with Gasteiger partial charge in [0.25, 0.3) is 0 Å². The van der Waals surface area contributed by atoms with Gasteiger partial charge < -0.3 is 14.7 Å². The summed E-state index contributed by atoms with van der Waals surface area (Å²) in [6.45, 7) is 0. The van der Waals surface area contributed by atoms with Gasteiger partial charge in [0.05, 0.1) is 97.2 Å². The lowest BCUT2D eigenvalue weighted by atomic mass is 9.86. The molecule has 0 bridgehead atoms. The minimum Gasteiger partial charge on any atom is -0.308 e. The first-order valence-electron chi connectivity index (χ1n) is 49.7. The molecule has 12 nitrogen and oxygen atoms in total. The number of nitrogens with zero attached hydrogens (tertiary/aromatic N) is 12. The van der Waals surface area contributed by atoms with Crippen molar-refractivity contribution in [2.45, 2.75) is 103 Å². The molecule has 16 aliphatic rings. The van der Waals surface area contributed by atoms with Gasteiger partial charge in [-0.05, 0) is 382 Å². The minimum atomic E-state index is 0.871. The fourth-order valence-electron chi connectivity index (χ4n) is 28.0. The number of hydrogen-bond acceptors (Lipinski definition) is 12. The van der Waals surface area contributed by atoms with Crippen LogP contribution in [0.3, 0.4) is 0 Å². The molecule has 0 N–H and O–H groups in total. The molecule has 140 heavy (non-hydrogen) atoms. The number of benzene rings is 12. The van der Waals surface area contributed by atoms with Crippen molar-refractivity contribution in [1.82, 2.24) is 39.9 Å². The Morgan fingerprint density at radius 1 is 0.157 bits per heavy atom. The molecule has 20 aromatic rings. The van der Waals surface area contributed by atoms with E-state index in [4.69, 9.17) is 29.9 Å². The molecule has 0 radical (unpaired) electrons. The minimum absolute atomic E-state index is 0.871. The molecule has 8 aliphatic heterocycles. The van der Waals surface area contributed by atoms with Crippen LogP contribution in [-0.2, 0) is 103 Å². The fraction of sp³-hybridized carbons (Fsp3) is 0.125. The Hall–Kier alpha value is -17.0. The van der Waals surface area contributed by atoms with Crippen LogP contribution in [0.25, 0.3) is 89.0 Å². The van der Waals surface area contributed by atoms with Crippen LogP contribution in [0.1, 0.15) is 179 Å². The zero-order valence-electron chi connectivity index (χ0n) is 76.7. The van der Waals surface area contributed by atoms with Gasteiger partial charge in [-0.15, -0.1) is 0 Å². The monoisotopic (exact) mass is 1790 g/mol. The summed E-state index contributed by atoms with van der Waals surface area (Å²) >= 11 is 0. The fourth-order valence-corrected chi connectivity index (χ4v) is 28.0. The van der Waals surface area contributed by atoms with E-state index in [0.29, 0.717) is 0 Å². The number of fused-ring (bicyclic) bond motifs is 46. The first kappa shape index (κ1) is 76.2. The molecule has 0 fully saturated rings. The highest BCUT2D eigenvalue weighted by Gasteiger charge is 2.44. The van der Waals surface area contributed by atoms with E-state index in [9.17, 15) is 0 Å². The first-order chi connectivity index (χ1) is 69.4. The maximum Gasteiger partial charge on any atom is 0.141 e. The lowest BCUT2D eigenvalue weighted by Crippen LogP contribution is -2.26. The van der Waals surface area contributed by atoms with Gasteiger partial charge in [-0.1, -0.05) is 164 Å². The van der Waals surface area contributed by atoms with Crippen LogP contribution in [0, 0.1) is 0 Å². The van der Waals surface area contributed by atoms with E-state index in [1.54, 1.807) is 0 Å². The number of rotatable bonds is 0. The molecule has 36 rings (SSSR count). The van der Waals surface area contributed by atoms with Crippen LogP contribution in [0.5, 0.6) is 0 Å². The Labute approximate surface area is 809 Å². The van der Waals surface area contributed by atoms with Crippen LogP contribution in [0.2, 0.25) is 0 Å². The van der Waals surface area contributed by atoms with E-state index in [2.05, 4.69) is 284 Å². The van der Waals surface area contributed by atoms with Crippen LogP contribution < -0.4 is 19.6 Å². The van der Waals surface area contributed by atoms with Crippen molar-refractivity contribution in [3.8, 4) is 89.0 Å². The third-order valence-electron chi connectivity index (χ3n) is 33.9. The molecule has 8 aromatic heterocycles. The van der Waals surface area contributed by atoms with Crippen LogP contribution in [0.15, 0.2) is 317 Å². The van der Waals surface area contributed by atoms with Crippen molar-refractivity contribution in [3.63, 3.8) is 0 Å². The third kappa shape index (κ3) is 10.6. The van der Waals surface area contributed by atoms with Gasteiger partial charge in [0, 0.05) is 107 Å². The van der Waals surface area contributed by atoms with E-state index in [0.717, 1.165) is 114 Å². The molecule has 8 aliphatic carbocycles. The smallest absolute Gasteiger partial charge is 0.141 e. The lowest BCUT2D eigenvalue weighted by molar-refractivity contribution is 0.928. The third-order valence-corrected chi connectivity index (χ3v) is 33.9. The van der Waals surface area contributed by atoms with Gasteiger partial charge in [0.1, 0.15) is 5.82 Å². The predicted molar refractivity (Wildman–Crippen MR) is 555 cm³/mol. The average molecular weight is 1790 g/mol. The second-order valence-electron chi connectivity index (χ2n) is 40.8. The summed E-state index contributed by atoms with van der Waals surface area (Å²) in [7, 11) is 0. The molecule has 0 saturated carbocycles. The molecule has 0 saturated heterocycles. The predicted octanol–water partition coefficient (Wildman–Crippen LogP) is 27.6. The Balaban J connectivity index is 0.0000000829. The molecule has 12 aromatic carbocycles. The normalized spacial score (nSPS) is 14.9. The zero-order valence-corrected chi connectivity index (χ0v) is 76.7. The standard InChI is InChI=1S/4C32H21N3/c1-2-6-22-18(4-1)15-27-23(22)8-7-19-16-25-24(30(19)27)9-10-29-26(25)17-28-31-20(11-13-33-28)14-21-5-3-12-34-32(21)35(29)31;1-2-5-22-18(4-1)12-20-13-21-14-26-23(25(21)16-24(20)22)7-8-30-27(26)17-29-32-19(9-11-34-29)15-28-31(35(30)32)6-3-10-33-28;1-2-4-23-18(3-1)11-20-13-21-14-27-24(26(21)15-25(20)23)5-6-31-28(27)16-29-32-19(7-10-34-29)12-22-17-33-9-8-30(22)35(31)32;1-2-4-22-18(3-1)14-27-23(22)6-5-20-15-25-24(31(20)27)7-8-29-26(25)16-28-32-21(10-12-34-28)13-19-9-11-33-17-30(19)35(29)32/h1-13H,14-17H2;1-11,13,16H,12,14-15,17H2;1-10,13,15,17H,11-12,14,16H2;1-12,17H,13-16H2. The van der Waals surface area contributed by atoms with Gasteiger partial charge in [-0.2, -0.15) is 0 Å². The van der Waals surface area contributed by atoms with Crippen LogP contribution in [0.4, 0.5) is 68.4 Å². The SMILES string of the molecule is c1ccc2c(c1)Cc1c-2ccc2c1-c1ccc3c(c1C2)Cc1nccc2c1N3c1cnccc1C2.c1ccc2c(c1)Cc1c-2ccc2c1-c1ccc3c(c1C2)Cc1nccc2c1N3c1ncccc1C2.c1ccc2c(c1)Cc1cc3c(cc1-2)-c1ccc2c(c1C3)Cc1nccc3c1N2c1cccnc1C3.c1ccc2c(c1)Cc1cc3c(cc1-2)-c1ccc2c(c1C3)Cc1nccc3c1N2c1ccncc1C3. The van der Waals surface area contributed by atoms with Crippen molar-refractivity contribution in [2.24, 2.45) is 0 Å². The van der Waals surface area contributed by atoms with Crippen LogP contribution >= 0.6 is 0 Å². The van der Waals surface area contributed by atoms with Gasteiger partial charge in [-0.3, -0.25) is 39.8 Å². The van der Waals surface area contributed by atoms with Crippen molar-refractivity contribution < 1.29 is 0 Å². The Bertz CT molecular complexity index is 8610. The first-order valence-corrected chi connectivity index (χ1v) is 49.7. The highest BCUT2D eigenvalue weighted by Crippen LogP contribution is 2.62. The largest absolute Gasteiger partial charge is 0.308 e. The second kappa shape index (κ2) is 28.4. The molecule has 656 valence electrons. The van der Waals surface area contributed by atoms with Crippen molar-refractivity contribution in [2.75, 3.05) is 19.6 Å². The van der Waals surface area contributed by atoms with Crippen molar-refractivity contribution in [3.05, 3.63) is 495 Å². The zero-order chi connectivity index (χ0) is 90.7.